The third-order valence-electron chi connectivity index (χ3n) is 6.32. The molecular formula is C29H36N8O5S. The van der Waals surface area contributed by atoms with Gasteiger partial charge < -0.3 is 20.1 Å². The van der Waals surface area contributed by atoms with Crippen molar-refractivity contribution in [3.8, 4) is 6.07 Å². The number of hydrogen-bond donors (Lipinski definition) is 3. The van der Waals surface area contributed by atoms with E-state index in [-0.39, 0.29) is 10.6 Å². The van der Waals surface area contributed by atoms with Crippen LogP contribution in [0.25, 0.3) is 0 Å². The fraction of sp³-hybridized carbons (Fsp3) is 0.379. The normalized spacial score (nSPS) is 11.7. The van der Waals surface area contributed by atoms with E-state index in [2.05, 4.69) is 42.1 Å². The Morgan fingerprint density at radius 2 is 1.47 bits per heavy atom. The van der Waals surface area contributed by atoms with Crippen molar-refractivity contribution in [2.75, 3.05) is 51.2 Å². The van der Waals surface area contributed by atoms with Crippen molar-refractivity contribution in [3.05, 3.63) is 58.7 Å². The predicted octanol–water partition coefficient (Wildman–Crippen LogP) is 6.85. The van der Waals surface area contributed by atoms with E-state index < -0.39 is 10.1 Å². The number of nitrogens with zero attached hydrogens (tertiary/aromatic N) is 6. The standard InChI is InChI=1S/C29H36N8O5S/c1-19-16-26(20(2)15-25(19)35-34-22-9-6-10-23(17-22)43(38,39)40)36-37-27-21(3)24(18-30)28(31-11-7-13-41-4)33-29(27)32-12-8-14-42-5/h6,9-10,15-17H,7-8,11-14H2,1-5H3,(H2,31,32,33)(H,38,39,40). The molecule has 3 aromatic rings. The first kappa shape index (κ1) is 33.2. The topological polar surface area (TPSA) is 183 Å². The van der Waals surface area contributed by atoms with Gasteiger partial charge >= 0.3 is 0 Å². The lowest BCUT2D eigenvalue weighted by molar-refractivity contribution is 0.197. The molecule has 228 valence electrons. The third kappa shape index (κ3) is 9.35. The van der Waals surface area contributed by atoms with Crippen LogP contribution in [0.4, 0.5) is 34.4 Å². The lowest BCUT2D eigenvalue weighted by Gasteiger charge is -2.15. The summed E-state index contributed by atoms with van der Waals surface area (Å²) in [6.07, 6.45) is 1.50. The summed E-state index contributed by atoms with van der Waals surface area (Å²) in [5.41, 5.74) is 4.43. The maximum absolute atomic E-state index is 11.4. The summed E-state index contributed by atoms with van der Waals surface area (Å²) in [6, 6.07) is 11.4. The van der Waals surface area contributed by atoms with Crippen LogP contribution in [0.2, 0.25) is 0 Å². The van der Waals surface area contributed by atoms with Gasteiger partial charge in [-0.1, -0.05) is 6.07 Å². The summed E-state index contributed by atoms with van der Waals surface area (Å²) in [5, 5.41) is 33.9. The molecule has 0 spiro atoms. The van der Waals surface area contributed by atoms with Crippen LogP contribution in [0.1, 0.15) is 35.1 Å². The molecule has 1 heterocycles. The van der Waals surface area contributed by atoms with Crippen LogP contribution in [0.15, 0.2) is 61.8 Å². The molecule has 13 nitrogen and oxygen atoms in total. The zero-order valence-electron chi connectivity index (χ0n) is 24.9. The maximum atomic E-state index is 11.4. The van der Waals surface area contributed by atoms with Gasteiger partial charge in [0.05, 0.1) is 27.5 Å². The lowest BCUT2D eigenvalue weighted by Crippen LogP contribution is -2.12. The summed E-state index contributed by atoms with van der Waals surface area (Å²) in [4.78, 5) is 4.42. The monoisotopic (exact) mass is 608 g/mol. The van der Waals surface area contributed by atoms with Gasteiger partial charge in [-0.15, -0.1) is 5.11 Å². The van der Waals surface area contributed by atoms with Gasteiger partial charge in [-0.2, -0.15) is 29.0 Å². The fourth-order valence-electron chi connectivity index (χ4n) is 3.97. The van der Waals surface area contributed by atoms with E-state index in [1.807, 2.05) is 26.8 Å². The average molecular weight is 609 g/mol. The number of ether oxygens (including phenoxy) is 2. The fourth-order valence-corrected chi connectivity index (χ4v) is 4.49. The third-order valence-corrected chi connectivity index (χ3v) is 7.17. The summed E-state index contributed by atoms with van der Waals surface area (Å²) >= 11 is 0. The van der Waals surface area contributed by atoms with E-state index in [9.17, 15) is 18.2 Å². The number of aromatic nitrogens is 1. The zero-order chi connectivity index (χ0) is 31.4. The molecule has 3 N–H and O–H groups in total. The highest BCUT2D eigenvalue weighted by molar-refractivity contribution is 7.85. The van der Waals surface area contributed by atoms with Gasteiger partial charge in [-0.25, -0.2) is 4.98 Å². The van der Waals surface area contributed by atoms with E-state index in [1.54, 1.807) is 26.4 Å². The summed E-state index contributed by atoms with van der Waals surface area (Å²) in [6.45, 7) is 7.85. The second kappa shape index (κ2) is 15.8. The Balaban J connectivity index is 1.93. The van der Waals surface area contributed by atoms with Crippen molar-refractivity contribution in [3.63, 3.8) is 0 Å². The molecule has 1 aromatic heterocycles. The molecule has 14 heteroatoms. The van der Waals surface area contributed by atoms with Gasteiger partial charge in [-0.05, 0) is 75.1 Å². The summed E-state index contributed by atoms with van der Waals surface area (Å²) < 4.78 is 42.4. The molecule has 3 rings (SSSR count). The van der Waals surface area contributed by atoms with Gasteiger partial charge in [0.1, 0.15) is 17.6 Å². The lowest BCUT2D eigenvalue weighted by atomic mass is 10.1. The molecule has 0 saturated heterocycles. The second-order valence-electron chi connectivity index (χ2n) is 9.61. The van der Waals surface area contributed by atoms with Crippen LogP contribution < -0.4 is 10.6 Å². The van der Waals surface area contributed by atoms with Gasteiger partial charge in [0.15, 0.2) is 5.82 Å². The van der Waals surface area contributed by atoms with Crippen LogP contribution in [0, 0.1) is 32.1 Å². The highest BCUT2D eigenvalue weighted by Gasteiger charge is 2.18. The number of rotatable bonds is 15. The molecule has 0 radical (unpaired) electrons. The number of nitrogens with one attached hydrogen (secondary N) is 2. The quantitative estimate of drug-likeness (QED) is 0.0943. The molecule has 0 fully saturated rings. The van der Waals surface area contributed by atoms with Crippen molar-refractivity contribution >= 4 is 44.5 Å². The number of aryl methyl sites for hydroxylation is 2. The Bertz CT molecular complexity index is 1630. The minimum absolute atomic E-state index is 0.264. The predicted molar refractivity (Wildman–Crippen MR) is 164 cm³/mol. The number of nitriles is 1. The molecule has 0 bridgehead atoms. The molecule has 0 aliphatic carbocycles. The first-order valence-corrected chi connectivity index (χ1v) is 15.0. The molecular weight excluding hydrogens is 572 g/mol. The van der Waals surface area contributed by atoms with Crippen molar-refractivity contribution in [2.24, 2.45) is 20.5 Å². The van der Waals surface area contributed by atoms with Crippen LogP contribution in [-0.4, -0.2) is 58.5 Å². The largest absolute Gasteiger partial charge is 0.385 e. The second-order valence-corrected chi connectivity index (χ2v) is 11.0. The van der Waals surface area contributed by atoms with Crippen LogP contribution in [-0.2, 0) is 19.6 Å². The summed E-state index contributed by atoms with van der Waals surface area (Å²) in [7, 11) is -1.07. The van der Waals surface area contributed by atoms with E-state index >= 15 is 0 Å². The molecule has 0 aliphatic heterocycles. The van der Waals surface area contributed by atoms with E-state index in [0.717, 1.165) is 24.0 Å². The Hall–Kier alpha value is -4.29. The first-order valence-electron chi connectivity index (χ1n) is 13.5. The van der Waals surface area contributed by atoms with E-state index in [1.165, 1.54) is 18.2 Å². The first-order chi connectivity index (χ1) is 20.6. The minimum atomic E-state index is -4.35. The van der Waals surface area contributed by atoms with Crippen molar-refractivity contribution in [2.45, 2.75) is 38.5 Å². The number of hydrogen-bond acceptors (Lipinski definition) is 12. The Morgan fingerprint density at radius 1 is 0.884 bits per heavy atom. The number of anilines is 2. The van der Waals surface area contributed by atoms with Gasteiger partial charge in [0, 0.05) is 46.1 Å². The van der Waals surface area contributed by atoms with Crippen molar-refractivity contribution < 1.29 is 22.4 Å². The Kier molecular flexibility index (Phi) is 12.2. The molecule has 0 atom stereocenters. The van der Waals surface area contributed by atoms with Gasteiger partial charge in [0.25, 0.3) is 10.1 Å². The molecule has 0 amide bonds. The highest BCUT2D eigenvalue weighted by atomic mass is 32.2. The summed E-state index contributed by atoms with van der Waals surface area (Å²) in [5.74, 6) is 0.964. The smallest absolute Gasteiger partial charge is 0.294 e. The molecule has 43 heavy (non-hydrogen) atoms. The zero-order valence-corrected chi connectivity index (χ0v) is 25.7. The van der Waals surface area contributed by atoms with Crippen LogP contribution in [0.5, 0.6) is 0 Å². The number of methoxy groups -OCH3 is 2. The van der Waals surface area contributed by atoms with Crippen LogP contribution >= 0.6 is 0 Å². The Morgan fingerprint density at radius 3 is 2.02 bits per heavy atom. The molecule has 0 aliphatic rings. The number of pyridine rings is 1. The molecule has 0 saturated carbocycles. The number of azo groups is 2. The molecule has 2 aromatic carbocycles. The SMILES string of the molecule is COCCCNc1nc(NCCCOC)c(N=Nc2cc(C)c(N=Nc3cccc(S(=O)(=O)O)c3)cc2C)c(C)c1C#N. The van der Waals surface area contributed by atoms with Gasteiger partial charge in [0.2, 0.25) is 0 Å². The Labute approximate surface area is 251 Å². The minimum Gasteiger partial charge on any atom is -0.385 e. The van der Waals surface area contributed by atoms with Crippen LogP contribution in [0.3, 0.4) is 0 Å². The highest BCUT2D eigenvalue weighted by Crippen LogP contribution is 2.36. The van der Waals surface area contributed by atoms with Gasteiger partial charge in [-0.3, -0.25) is 4.55 Å². The molecule has 0 unspecified atom stereocenters. The van der Waals surface area contributed by atoms with Crippen molar-refractivity contribution in [1.82, 2.24) is 4.98 Å². The number of benzene rings is 2. The average Bonchev–Trinajstić information content (AvgIpc) is 2.97. The maximum Gasteiger partial charge on any atom is 0.294 e. The van der Waals surface area contributed by atoms with E-state index in [4.69, 9.17) is 9.47 Å². The van der Waals surface area contributed by atoms with Crippen molar-refractivity contribution in [1.29, 1.82) is 5.26 Å². The van der Waals surface area contributed by atoms with E-state index in [0.29, 0.717) is 66.1 Å².